The molecule has 2 rings (SSSR count). The Morgan fingerprint density at radius 2 is 1.80 bits per heavy atom. The van der Waals surface area contributed by atoms with Crippen molar-refractivity contribution in [1.29, 1.82) is 0 Å². The van der Waals surface area contributed by atoms with E-state index in [1.807, 2.05) is 0 Å². The summed E-state index contributed by atoms with van der Waals surface area (Å²) in [5.74, 6) is 0.0477. The Hall–Kier alpha value is -1.68. The number of benzene rings is 1. The van der Waals surface area contributed by atoms with Crippen LogP contribution in [0.1, 0.15) is 37.0 Å². The number of amides is 1. The Bertz CT molecular complexity index is 788. The minimum Gasteiger partial charge on any atom is -0.496 e. The van der Waals surface area contributed by atoms with Crippen LogP contribution < -0.4 is 10.1 Å². The van der Waals surface area contributed by atoms with Gasteiger partial charge in [-0.3, -0.25) is 4.79 Å². The van der Waals surface area contributed by atoms with Crippen LogP contribution in [0, 0.1) is 0 Å². The van der Waals surface area contributed by atoms with Crippen molar-refractivity contribution in [3.8, 4) is 5.75 Å². The van der Waals surface area contributed by atoms with Gasteiger partial charge in [-0.25, -0.2) is 8.42 Å². The topological polar surface area (TPSA) is 82.2 Å². The monoisotopic (exact) mass is 440 g/mol. The first-order valence-electron chi connectivity index (χ1n) is 10.7. The maximum absolute atomic E-state index is 12.8. The summed E-state index contributed by atoms with van der Waals surface area (Å²) in [7, 11) is -0.0237. The fourth-order valence-corrected chi connectivity index (χ4v) is 5.05. The van der Waals surface area contributed by atoms with E-state index >= 15 is 0 Å². The van der Waals surface area contributed by atoms with Crippen LogP contribution in [-0.4, -0.2) is 94.9 Å². The number of hydrogen-bond acceptors (Lipinski definition) is 6. The number of ether oxygens (including phenoxy) is 1. The maximum Gasteiger partial charge on any atom is 0.255 e. The zero-order valence-electron chi connectivity index (χ0n) is 18.7. The highest BCUT2D eigenvalue weighted by Crippen LogP contribution is 2.24. The van der Waals surface area contributed by atoms with E-state index in [0.29, 0.717) is 25.4 Å². The van der Waals surface area contributed by atoms with Gasteiger partial charge in [0, 0.05) is 45.8 Å². The van der Waals surface area contributed by atoms with Crippen LogP contribution in [0.2, 0.25) is 0 Å². The Labute approximate surface area is 181 Å². The number of likely N-dealkylation sites (N-methyl/N-ethyl adjacent to an activating group) is 1. The zero-order valence-corrected chi connectivity index (χ0v) is 19.5. The van der Waals surface area contributed by atoms with Gasteiger partial charge in [0.1, 0.15) is 5.75 Å². The molecule has 1 aliphatic heterocycles. The number of methoxy groups -OCH3 is 1. The fourth-order valence-electron chi connectivity index (χ4n) is 3.57. The second-order valence-electron chi connectivity index (χ2n) is 7.56. The molecule has 1 N–H and O–H groups in total. The number of nitrogens with zero attached hydrogens (tertiary/aromatic N) is 3. The van der Waals surface area contributed by atoms with E-state index in [4.69, 9.17) is 4.74 Å². The van der Waals surface area contributed by atoms with Gasteiger partial charge in [0.05, 0.1) is 17.6 Å². The molecule has 0 spiro atoms. The molecule has 0 saturated carbocycles. The van der Waals surface area contributed by atoms with E-state index in [0.717, 1.165) is 45.6 Å². The fraction of sp³-hybridized carbons (Fsp3) is 0.667. The van der Waals surface area contributed by atoms with Gasteiger partial charge < -0.3 is 19.9 Å². The van der Waals surface area contributed by atoms with Crippen LogP contribution in [-0.2, 0) is 10.0 Å². The van der Waals surface area contributed by atoms with Crippen molar-refractivity contribution in [3.05, 3.63) is 23.8 Å². The molecule has 0 aliphatic carbocycles. The Balaban J connectivity index is 1.94. The lowest BCUT2D eigenvalue weighted by Crippen LogP contribution is -2.44. The van der Waals surface area contributed by atoms with E-state index in [-0.39, 0.29) is 16.4 Å². The lowest BCUT2D eigenvalue weighted by atomic mass is 10.2. The Morgan fingerprint density at radius 3 is 2.40 bits per heavy atom. The molecule has 0 unspecified atom stereocenters. The van der Waals surface area contributed by atoms with Gasteiger partial charge in [-0.1, -0.05) is 13.8 Å². The molecule has 1 aromatic rings. The molecule has 1 heterocycles. The van der Waals surface area contributed by atoms with Crippen LogP contribution in [0.25, 0.3) is 0 Å². The summed E-state index contributed by atoms with van der Waals surface area (Å²) in [5.41, 5.74) is 0.241. The van der Waals surface area contributed by atoms with Crippen molar-refractivity contribution in [2.45, 2.75) is 31.6 Å². The Kier molecular flexibility index (Phi) is 9.54. The molecule has 1 aliphatic rings. The predicted octanol–water partition coefficient (Wildman–Crippen LogP) is 1.48. The molecule has 30 heavy (non-hydrogen) atoms. The first kappa shape index (κ1) is 24.6. The van der Waals surface area contributed by atoms with Crippen molar-refractivity contribution in [3.63, 3.8) is 0 Å². The van der Waals surface area contributed by atoms with Crippen molar-refractivity contribution in [2.75, 3.05) is 66.5 Å². The summed E-state index contributed by atoms with van der Waals surface area (Å²) in [6, 6.07) is 4.43. The van der Waals surface area contributed by atoms with Gasteiger partial charge in [-0.05, 0) is 44.6 Å². The molecule has 0 aromatic heterocycles. The molecular weight excluding hydrogens is 404 g/mol. The number of nitrogens with one attached hydrogen (secondary N) is 1. The molecule has 1 saturated heterocycles. The van der Waals surface area contributed by atoms with Gasteiger partial charge in [0.2, 0.25) is 10.0 Å². The van der Waals surface area contributed by atoms with E-state index in [1.165, 1.54) is 23.5 Å². The highest BCUT2D eigenvalue weighted by Gasteiger charge is 2.24. The molecular formula is C21H36N4O4S. The molecule has 0 radical (unpaired) electrons. The molecule has 8 nitrogen and oxygen atoms in total. The summed E-state index contributed by atoms with van der Waals surface area (Å²) in [5, 5.41) is 2.90. The second kappa shape index (κ2) is 11.6. The first-order valence-corrected chi connectivity index (χ1v) is 12.1. The van der Waals surface area contributed by atoms with Crippen molar-refractivity contribution >= 4 is 15.9 Å². The van der Waals surface area contributed by atoms with Crippen molar-refractivity contribution in [2.24, 2.45) is 0 Å². The molecule has 170 valence electrons. The predicted molar refractivity (Wildman–Crippen MR) is 119 cm³/mol. The second-order valence-corrected chi connectivity index (χ2v) is 9.50. The number of unbranched alkanes of at least 4 members (excludes halogenated alkanes) is 1. The summed E-state index contributed by atoms with van der Waals surface area (Å²) < 4.78 is 32.2. The van der Waals surface area contributed by atoms with Crippen molar-refractivity contribution < 1.29 is 17.9 Å². The van der Waals surface area contributed by atoms with Gasteiger partial charge in [0.15, 0.2) is 0 Å². The van der Waals surface area contributed by atoms with Crippen LogP contribution >= 0.6 is 0 Å². The largest absolute Gasteiger partial charge is 0.496 e. The average molecular weight is 441 g/mol. The summed E-state index contributed by atoms with van der Waals surface area (Å²) in [6.45, 7) is 10.3. The molecule has 9 heteroatoms. The smallest absolute Gasteiger partial charge is 0.255 e. The molecule has 1 fully saturated rings. The molecule has 0 atom stereocenters. The third kappa shape index (κ3) is 6.41. The number of carbonyl (C=O) groups is 1. The number of rotatable bonds is 11. The number of carbonyl (C=O) groups excluding carboxylic acids is 1. The van der Waals surface area contributed by atoms with Crippen LogP contribution in [0.15, 0.2) is 23.1 Å². The quantitative estimate of drug-likeness (QED) is 0.525. The third-order valence-corrected chi connectivity index (χ3v) is 7.59. The van der Waals surface area contributed by atoms with E-state index < -0.39 is 10.0 Å². The van der Waals surface area contributed by atoms with Crippen LogP contribution in [0.4, 0.5) is 0 Å². The summed E-state index contributed by atoms with van der Waals surface area (Å²) in [4.78, 5) is 17.6. The van der Waals surface area contributed by atoms with Gasteiger partial charge >= 0.3 is 0 Å². The SMILES string of the molecule is CCN(CC)S(=O)(=O)c1ccc(OC)c(C(=O)NCCCCN2CCN(C)CC2)c1. The maximum atomic E-state index is 12.8. The molecule has 0 bridgehead atoms. The van der Waals surface area contributed by atoms with Crippen LogP contribution in [0.3, 0.4) is 0 Å². The van der Waals surface area contributed by atoms with E-state index in [2.05, 4.69) is 22.2 Å². The standard InChI is InChI=1S/C21H36N4O4S/c1-5-25(6-2)30(27,28)18-9-10-20(29-4)19(17-18)21(26)22-11-7-8-12-24-15-13-23(3)14-16-24/h9-10,17H,5-8,11-16H2,1-4H3,(H,22,26). The van der Waals surface area contributed by atoms with Gasteiger partial charge in [0.25, 0.3) is 5.91 Å². The van der Waals surface area contributed by atoms with Crippen LogP contribution in [0.5, 0.6) is 5.75 Å². The number of piperazine rings is 1. The number of hydrogen-bond donors (Lipinski definition) is 1. The minimum absolute atomic E-state index is 0.104. The molecule has 1 aromatic carbocycles. The lowest BCUT2D eigenvalue weighted by Gasteiger charge is -2.32. The minimum atomic E-state index is -3.64. The van der Waals surface area contributed by atoms with Gasteiger partial charge in [-0.15, -0.1) is 0 Å². The summed E-state index contributed by atoms with van der Waals surface area (Å²) >= 11 is 0. The third-order valence-electron chi connectivity index (χ3n) is 5.54. The lowest BCUT2D eigenvalue weighted by molar-refractivity contribution is 0.0948. The van der Waals surface area contributed by atoms with Gasteiger partial charge in [-0.2, -0.15) is 4.31 Å². The van der Waals surface area contributed by atoms with Crippen molar-refractivity contribution in [1.82, 2.24) is 19.4 Å². The first-order chi connectivity index (χ1) is 14.3. The zero-order chi connectivity index (χ0) is 22.1. The highest BCUT2D eigenvalue weighted by atomic mass is 32.2. The number of sulfonamides is 1. The Morgan fingerprint density at radius 1 is 1.13 bits per heavy atom. The molecule has 1 amide bonds. The summed E-state index contributed by atoms with van der Waals surface area (Å²) in [6.07, 6.45) is 1.88. The van der Waals surface area contributed by atoms with E-state index in [1.54, 1.807) is 19.9 Å². The van der Waals surface area contributed by atoms with E-state index in [9.17, 15) is 13.2 Å². The normalized spacial score (nSPS) is 16.0. The highest BCUT2D eigenvalue weighted by molar-refractivity contribution is 7.89. The average Bonchev–Trinajstić information content (AvgIpc) is 2.74.